The molecule has 2 aliphatic rings. The maximum atomic E-state index is 14.3. The quantitative estimate of drug-likeness (QED) is 0.0508. The first-order valence-corrected chi connectivity index (χ1v) is 25.8. The molecule has 1 aliphatic heterocycles. The fourth-order valence-electron chi connectivity index (χ4n) is 7.05. The third-order valence-electron chi connectivity index (χ3n) is 9.93. The van der Waals surface area contributed by atoms with Crippen LogP contribution >= 0.6 is 0 Å². The minimum atomic E-state index is -5.55. The van der Waals surface area contributed by atoms with Crippen molar-refractivity contribution >= 4 is 79.1 Å². The summed E-state index contributed by atoms with van der Waals surface area (Å²) in [7, 11) is -24.6. The van der Waals surface area contributed by atoms with E-state index in [2.05, 4.69) is 10.3 Å². The van der Waals surface area contributed by atoms with E-state index in [-0.39, 0.29) is 47.2 Å². The number of hydrogen-bond donors (Lipinski definition) is 8. The minimum absolute atomic E-state index is 0.104. The van der Waals surface area contributed by atoms with Gasteiger partial charge in [0.25, 0.3) is 46.4 Å². The topological polar surface area (TPSA) is 369 Å². The maximum Gasteiger partial charge on any atom is 0.304 e. The summed E-state index contributed by atoms with van der Waals surface area (Å²) in [5.41, 5.74) is -3.21. The molecule has 0 aromatic heterocycles. The van der Waals surface area contributed by atoms with Gasteiger partial charge in [0.2, 0.25) is 10.3 Å². The van der Waals surface area contributed by atoms with E-state index in [0.717, 1.165) is 59.5 Å². The van der Waals surface area contributed by atoms with E-state index in [0.29, 0.717) is 0 Å². The zero-order valence-corrected chi connectivity index (χ0v) is 37.8. The van der Waals surface area contributed by atoms with E-state index in [1.807, 2.05) is 0 Å². The van der Waals surface area contributed by atoms with Gasteiger partial charge in [0.15, 0.2) is 22.8 Å². The van der Waals surface area contributed by atoms with Gasteiger partial charge in [0, 0.05) is 54.7 Å². The molecular formula is C39H36N3O19S5+. The summed E-state index contributed by atoms with van der Waals surface area (Å²) in [5, 5.41) is 11.0. The van der Waals surface area contributed by atoms with Crippen molar-refractivity contribution in [3.8, 4) is 22.5 Å². The van der Waals surface area contributed by atoms with Gasteiger partial charge in [0.05, 0.1) is 21.0 Å². The highest BCUT2D eigenvalue weighted by Gasteiger charge is 2.35. The van der Waals surface area contributed by atoms with Crippen molar-refractivity contribution in [2.24, 2.45) is 0 Å². The van der Waals surface area contributed by atoms with Crippen LogP contribution in [0, 0.1) is 0 Å². The molecule has 22 nitrogen and oxygen atoms in total. The van der Waals surface area contributed by atoms with Gasteiger partial charge in [-0.05, 0) is 60.0 Å². The molecule has 0 bridgehead atoms. The number of fused-ring (bicyclic) bond motifs is 2. The second kappa shape index (κ2) is 18.3. The standard InChI is InChI=1S/C39H35N3O19S5/c1-42(19-5-10-32(43)44)39(45)34-25(7-4-9-31(34)64(52,53)54)33-26-15-17-28(40-20-22-11-13-24(14-12-22)62(46,47)48)37(65(55,56)57)35(26)61-36-27(33)16-18-29(38(36)66(58,59)60)41-21-23-6-2-3-8-30(23)63(49,50)51/h2-4,6-9,11-18,41H,5,10,19-21H2,1H3,(H,43,44)(H,46,47,48)(H,49,50,51)(H,52,53,54)(H,55,56,57)(H,58,59,60)/p+1. The maximum absolute atomic E-state index is 14.3. The number of carboxylic acid groups (broad SMARTS) is 1. The van der Waals surface area contributed by atoms with Gasteiger partial charge in [-0.1, -0.05) is 42.5 Å². The zero-order valence-electron chi connectivity index (χ0n) is 33.7. The summed E-state index contributed by atoms with van der Waals surface area (Å²) in [6.07, 6.45) is -0.544. The minimum Gasteiger partial charge on any atom is -0.481 e. The number of carboxylic acids is 1. The number of nitrogens with zero attached hydrogens (tertiary/aromatic N) is 1. The number of rotatable bonds is 16. The Morgan fingerprint density at radius 2 is 1.29 bits per heavy atom. The van der Waals surface area contributed by atoms with Crippen molar-refractivity contribution in [2.75, 3.05) is 18.9 Å². The smallest absolute Gasteiger partial charge is 0.304 e. The van der Waals surface area contributed by atoms with Crippen LogP contribution in [-0.4, -0.2) is 100 Å². The molecule has 350 valence electrons. The van der Waals surface area contributed by atoms with Gasteiger partial charge in [-0.3, -0.25) is 32.4 Å². The van der Waals surface area contributed by atoms with Crippen LogP contribution in [-0.2, 0) is 68.5 Å². The van der Waals surface area contributed by atoms with Gasteiger partial charge in [-0.15, -0.1) is 0 Å². The van der Waals surface area contributed by atoms with Crippen molar-refractivity contribution in [1.29, 1.82) is 0 Å². The normalized spacial score (nSPS) is 13.0. The molecule has 0 saturated carbocycles. The summed E-state index contributed by atoms with van der Waals surface area (Å²) in [6.45, 7) is -1.14. The lowest BCUT2D eigenvalue weighted by molar-refractivity contribution is -0.520. The highest BCUT2D eigenvalue weighted by atomic mass is 32.2. The predicted octanol–water partition coefficient (Wildman–Crippen LogP) is 2.17. The fourth-order valence-corrected chi connectivity index (χ4v) is 10.6. The number of carbonyl (C=O) groups excluding carboxylic acids is 1. The third kappa shape index (κ3) is 10.6. The Morgan fingerprint density at radius 3 is 1.88 bits per heavy atom. The molecule has 66 heavy (non-hydrogen) atoms. The van der Waals surface area contributed by atoms with Crippen molar-refractivity contribution in [3.05, 3.63) is 113 Å². The Hall–Kier alpha value is -6.14. The van der Waals surface area contributed by atoms with Crippen LogP contribution in [0.2, 0.25) is 0 Å². The summed E-state index contributed by atoms with van der Waals surface area (Å²) in [6, 6.07) is 17.1. The lowest BCUT2D eigenvalue weighted by atomic mass is 9.90. The fraction of sp³-hybridized carbons (Fsp3) is 0.154. The van der Waals surface area contributed by atoms with Gasteiger partial charge in [-0.2, -0.15) is 42.1 Å². The van der Waals surface area contributed by atoms with E-state index < -0.39 is 133 Å². The largest absolute Gasteiger partial charge is 0.481 e. The molecule has 0 saturated heterocycles. The average Bonchev–Trinajstić information content (AvgIpc) is 3.21. The summed E-state index contributed by atoms with van der Waals surface area (Å²) in [5.74, 6) is -3.23. The molecule has 0 fully saturated rings. The molecule has 0 atom stereocenters. The molecular weight excluding hydrogens is 975 g/mol. The number of hydrogen-bond acceptors (Lipinski definition) is 14. The zero-order chi connectivity index (χ0) is 48.7. The third-order valence-corrected chi connectivity index (χ3v) is 14.5. The van der Waals surface area contributed by atoms with Crippen LogP contribution in [0.5, 0.6) is 0 Å². The van der Waals surface area contributed by atoms with E-state index in [9.17, 15) is 79.5 Å². The first-order chi connectivity index (χ1) is 30.6. The second-order valence-corrected chi connectivity index (χ2v) is 21.3. The number of carbonyl (C=O) groups is 2. The average molecular weight is 1010 g/mol. The van der Waals surface area contributed by atoms with Gasteiger partial charge >= 0.3 is 16.1 Å². The molecule has 4 aromatic rings. The lowest BCUT2D eigenvalue weighted by Crippen LogP contribution is -2.75. The molecule has 0 radical (unpaired) electrons. The lowest BCUT2D eigenvalue weighted by Gasteiger charge is -2.23. The van der Waals surface area contributed by atoms with E-state index >= 15 is 0 Å². The highest BCUT2D eigenvalue weighted by molar-refractivity contribution is 7.87. The summed E-state index contributed by atoms with van der Waals surface area (Å²) < 4.78 is 184. The number of aliphatic carboxylic acids is 1. The van der Waals surface area contributed by atoms with Crippen LogP contribution in [0.4, 0.5) is 5.69 Å². The molecule has 8 N–H and O–H groups in total. The van der Waals surface area contributed by atoms with Crippen LogP contribution in [0.3, 0.4) is 0 Å². The van der Waals surface area contributed by atoms with E-state index in [1.165, 1.54) is 43.4 Å². The number of amides is 1. The van der Waals surface area contributed by atoms with Crippen molar-refractivity contribution in [3.63, 3.8) is 0 Å². The van der Waals surface area contributed by atoms with Crippen LogP contribution < -0.4 is 15.7 Å². The Kier molecular flexibility index (Phi) is 13.6. The SMILES string of the molecule is CN(CCCC(=O)O)C(=O)c1c(-c2c3ccc(=[NH+]Cc4ccc(S(=O)(=O)O)cc4)c(S(=O)(=O)O)c-3oc3c(S(=O)(=O)O)c(NCc4ccccc4S(=O)(=O)O)ccc23)cccc1S(=O)(=O)O. The Labute approximate surface area is 376 Å². The van der Waals surface area contributed by atoms with Gasteiger partial charge < -0.3 is 19.7 Å². The first kappa shape index (κ1) is 49.3. The van der Waals surface area contributed by atoms with E-state index in [1.54, 1.807) is 0 Å². The van der Waals surface area contributed by atoms with Crippen LogP contribution in [0.1, 0.15) is 34.3 Å². The number of nitrogens with one attached hydrogen (secondary N) is 2. The molecule has 27 heteroatoms. The van der Waals surface area contributed by atoms with Crippen LogP contribution in [0.25, 0.3) is 33.4 Å². The summed E-state index contributed by atoms with van der Waals surface area (Å²) >= 11 is 0. The first-order valence-electron chi connectivity index (χ1n) is 18.6. The predicted molar refractivity (Wildman–Crippen MR) is 229 cm³/mol. The Balaban J connectivity index is 1.75. The summed E-state index contributed by atoms with van der Waals surface area (Å²) in [4.78, 5) is 24.9. The van der Waals surface area contributed by atoms with Crippen molar-refractivity contribution < 1.29 is 89.0 Å². The monoisotopic (exact) mass is 1010 g/mol. The molecule has 0 unspecified atom stereocenters. The van der Waals surface area contributed by atoms with Gasteiger partial charge in [0.1, 0.15) is 4.90 Å². The Bertz CT molecular complexity index is 3580. The van der Waals surface area contributed by atoms with Gasteiger partial charge in [-0.25, -0.2) is 4.99 Å². The molecule has 1 heterocycles. The molecule has 1 amide bonds. The highest BCUT2D eigenvalue weighted by Crippen LogP contribution is 2.47. The molecule has 4 aromatic carbocycles. The Morgan fingerprint density at radius 1 is 0.667 bits per heavy atom. The second-order valence-electron chi connectivity index (χ2n) is 14.4. The molecule has 6 rings (SSSR count). The molecule has 0 spiro atoms. The van der Waals surface area contributed by atoms with Crippen molar-refractivity contribution in [1.82, 2.24) is 4.90 Å². The van der Waals surface area contributed by atoms with Crippen LogP contribution in [0.15, 0.2) is 120 Å². The number of benzene rings is 5. The molecule has 1 aliphatic carbocycles. The van der Waals surface area contributed by atoms with E-state index in [4.69, 9.17) is 4.42 Å². The number of anilines is 1. The van der Waals surface area contributed by atoms with Crippen molar-refractivity contribution in [2.45, 2.75) is 50.4 Å².